The molecule has 0 N–H and O–H groups in total. The van der Waals surface area contributed by atoms with Crippen LogP contribution in [0, 0.1) is 0 Å². The van der Waals surface area contributed by atoms with Crippen molar-refractivity contribution < 1.29 is 0 Å². The minimum Gasteiger partial charge on any atom is -0.0683 e. The molecular weight excluding hydrogens is 240 g/mol. The van der Waals surface area contributed by atoms with Crippen LogP contribution in [0.1, 0.15) is 135 Å². The average Bonchev–Trinajstić information content (AvgIpc) is 2.62. The van der Waals surface area contributed by atoms with Crippen molar-refractivity contribution in [1.29, 1.82) is 0 Å². The minimum atomic E-state index is 1.36. The molecule has 0 aromatic heterocycles. The first-order chi connectivity index (χ1) is 9.91. The summed E-state index contributed by atoms with van der Waals surface area (Å²) in [5.41, 5.74) is 0. The van der Waals surface area contributed by atoms with Gasteiger partial charge in [0.15, 0.2) is 0 Å². The van der Waals surface area contributed by atoms with Gasteiger partial charge < -0.3 is 0 Å². The lowest BCUT2D eigenvalue weighted by Crippen LogP contribution is -1.73. The number of unbranched alkanes of at least 4 members (excludes halogenated alkanes) is 5. The van der Waals surface area contributed by atoms with Crippen LogP contribution in [0.2, 0.25) is 0 Å². The first-order valence-corrected chi connectivity index (χ1v) is 9.91. The zero-order chi connectivity index (χ0) is 18.2. The molecule has 20 heavy (non-hydrogen) atoms. The fourth-order valence-electron chi connectivity index (χ4n) is 0.854. The number of hydrogen-bond donors (Lipinski definition) is 0. The SMILES string of the molecule is CC.CC.CC.CC.CC.CC.CCCCCCCC. The summed E-state index contributed by atoms with van der Waals surface area (Å²) in [6, 6.07) is 0. The standard InChI is InChI=1S/C8H18.6C2H6/c1-3-5-7-8-6-4-2;6*1-2/h3-8H2,1-2H3;6*1-2H3. The number of hydrogen-bond acceptors (Lipinski definition) is 0. The summed E-state index contributed by atoms with van der Waals surface area (Å²) in [7, 11) is 0. The van der Waals surface area contributed by atoms with Gasteiger partial charge in [0.25, 0.3) is 0 Å². The first-order valence-electron chi connectivity index (χ1n) is 9.91. The van der Waals surface area contributed by atoms with E-state index < -0.39 is 0 Å². The van der Waals surface area contributed by atoms with Crippen LogP contribution in [0.25, 0.3) is 0 Å². The van der Waals surface area contributed by atoms with E-state index in [2.05, 4.69) is 13.8 Å². The third-order valence-corrected chi connectivity index (χ3v) is 1.46. The molecule has 0 spiro atoms. The van der Waals surface area contributed by atoms with Crippen molar-refractivity contribution in [2.24, 2.45) is 0 Å². The smallest absolute Gasteiger partial charge is 0.0533 e. The maximum Gasteiger partial charge on any atom is -0.0533 e. The Hall–Kier alpha value is 0. The highest BCUT2D eigenvalue weighted by Crippen LogP contribution is 2.03. The van der Waals surface area contributed by atoms with Crippen LogP contribution in [0.3, 0.4) is 0 Å². The molecule has 0 nitrogen and oxygen atoms in total. The molecule has 0 rings (SSSR count). The summed E-state index contributed by atoms with van der Waals surface area (Å²) < 4.78 is 0. The molecule has 0 unspecified atom stereocenters. The van der Waals surface area contributed by atoms with E-state index in [9.17, 15) is 0 Å². The van der Waals surface area contributed by atoms with Gasteiger partial charge in [-0.25, -0.2) is 0 Å². The lowest BCUT2D eigenvalue weighted by Gasteiger charge is -1.93. The molecule has 0 aliphatic carbocycles. The third-order valence-electron chi connectivity index (χ3n) is 1.46. The molecule has 0 saturated carbocycles. The van der Waals surface area contributed by atoms with Gasteiger partial charge in [-0.2, -0.15) is 0 Å². The quantitative estimate of drug-likeness (QED) is 0.443. The lowest BCUT2D eigenvalue weighted by molar-refractivity contribution is 0.624. The maximum atomic E-state index is 2.26. The molecule has 0 aliphatic heterocycles. The molecule has 0 atom stereocenters. The molecule has 0 heterocycles. The molecule has 0 bridgehead atoms. The third kappa shape index (κ3) is 208. The van der Waals surface area contributed by atoms with Gasteiger partial charge >= 0.3 is 0 Å². The Kier molecular flexibility index (Phi) is 365. The largest absolute Gasteiger partial charge is 0.0683 e. The monoisotopic (exact) mass is 294 g/mol. The van der Waals surface area contributed by atoms with Gasteiger partial charge in [-0.15, -0.1) is 0 Å². The Morgan fingerprint density at radius 3 is 0.550 bits per heavy atom. The van der Waals surface area contributed by atoms with Crippen molar-refractivity contribution in [1.82, 2.24) is 0 Å². The van der Waals surface area contributed by atoms with Gasteiger partial charge in [-0.05, 0) is 0 Å². The zero-order valence-corrected chi connectivity index (χ0v) is 18.2. The van der Waals surface area contributed by atoms with Gasteiger partial charge in [0.1, 0.15) is 0 Å². The van der Waals surface area contributed by atoms with Crippen LogP contribution in [0.15, 0.2) is 0 Å². The van der Waals surface area contributed by atoms with Crippen LogP contribution in [-0.4, -0.2) is 0 Å². The van der Waals surface area contributed by atoms with Gasteiger partial charge in [0.2, 0.25) is 0 Å². The Morgan fingerprint density at radius 1 is 0.300 bits per heavy atom. The van der Waals surface area contributed by atoms with E-state index >= 15 is 0 Å². The van der Waals surface area contributed by atoms with Crippen molar-refractivity contribution >= 4 is 0 Å². The maximum absolute atomic E-state index is 2.26. The van der Waals surface area contributed by atoms with E-state index in [1.807, 2.05) is 83.1 Å². The van der Waals surface area contributed by atoms with E-state index in [1.54, 1.807) is 0 Å². The summed E-state index contributed by atoms with van der Waals surface area (Å²) in [6.07, 6.45) is 8.49. The second-order valence-electron chi connectivity index (χ2n) is 2.41. The second-order valence-corrected chi connectivity index (χ2v) is 2.41. The van der Waals surface area contributed by atoms with Gasteiger partial charge in [-0.1, -0.05) is 135 Å². The Morgan fingerprint density at radius 2 is 0.450 bits per heavy atom. The van der Waals surface area contributed by atoms with E-state index in [0.717, 1.165) is 0 Å². The van der Waals surface area contributed by atoms with Crippen molar-refractivity contribution in [2.45, 2.75) is 135 Å². The van der Waals surface area contributed by atoms with Crippen molar-refractivity contribution in [2.75, 3.05) is 0 Å². The van der Waals surface area contributed by atoms with Crippen molar-refractivity contribution in [3.8, 4) is 0 Å². The van der Waals surface area contributed by atoms with Gasteiger partial charge in [0.05, 0.1) is 0 Å². The Bertz CT molecular complexity index is 25.0. The predicted octanol–water partition coefficient (Wildman–Crippen LogP) is 9.52. The lowest BCUT2D eigenvalue weighted by atomic mass is 10.1. The second kappa shape index (κ2) is 171. The first kappa shape index (κ1) is 42.7. The summed E-state index contributed by atoms with van der Waals surface area (Å²) in [4.78, 5) is 0. The summed E-state index contributed by atoms with van der Waals surface area (Å²) >= 11 is 0. The zero-order valence-electron chi connectivity index (χ0n) is 18.2. The molecule has 0 aromatic carbocycles. The van der Waals surface area contributed by atoms with Gasteiger partial charge in [-0.3, -0.25) is 0 Å². The van der Waals surface area contributed by atoms with Crippen molar-refractivity contribution in [3.63, 3.8) is 0 Å². The molecule has 0 heteroatoms. The molecule has 0 amide bonds. The van der Waals surface area contributed by atoms with Crippen LogP contribution in [0.5, 0.6) is 0 Å². The van der Waals surface area contributed by atoms with E-state index in [4.69, 9.17) is 0 Å². The summed E-state index contributed by atoms with van der Waals surface area (Å²) in [5.74, 6) is 0. The molecule has 0 aliphatic rings. The average molecular weight is 295 g/mol. The number of rotatable bonds is 5. The predicted molar refractivity (Wildman–Crippen MR) is 107 cm³/mol. The van der Waals surface area contributed by atoms with E-state index in [-0.39, 0.29) is 0 Å². The molecule has 0 saturated heterocycles. The highest BCUT2D eigenvalue weighted by molar-refractivity contribution is 4.39. The minimum absolute atomic E-state index is 1.36. The normalized spacial score (nSPS) is 5.70. The molecular formula is C20H54. The molecule has 0 aromatic rings. The fraction of sp³-hybridized carbons (Fsp3) is 1.00. The Labute approximate surface area is 136 Å². The topological polar surface area (TPSA) is 0 Å². The van der Waals surface area contributed by atoms with Crippen LogP contribution in [-0.2, 0) is 0 Å². The van der Waals surface area contributed by atoms with Crippen LogP contribution in [0.4, 0.5) is 0 Å². The highest BCUT2D eigenvalue weighted by atomic mass is 13.9. The Balaban J connectivity index is -0.0000000238. The molecule has 134 valence electrons. The molecule has 0 fully saturated rings. The van der Waals surface area contributed by atoms with Gasteiger partial charge in [0, 0.05) is 0 Å². The van der Waals surface area contributed by atoms with Crippen LogP contribution >= 0.6 is 0 Å². The fourth-order valence-corrected chi connectivity index (χ4v) is 0.854. The summed E-state index contributed by atoms with van der Waals surface area (Å²) in [5, 5.41) is 0. The van der Waals surface area contributed by atoms with Crippen molar-refractivity contribution in [3.05, 3.63) is 0 Å². The van der Waals surface area contributed by atoms with Crippen LogP contribution < -0.4 is 0 Å². The molecule has 0 radical (unpaired) electrons. The van der Waals surface area contributed by atoms with E-state index in [1.165, 1.54) is 38.5 Å². The highest BCUT2D eigenvalue weighted by Gasteiger charge is 1.83. The van der Waals surface area contributed by atoms with E-state index in [0.29, 0.717) is 0 Å². The summed E-state index contributed by atoms with van der Waals surface area (Å²) in [6.45, 7) is 28.5.